The molecule has 1 saturated heterocycles. The minimum absolute atomic E-state index is 0.00690. The fourth-order valence-corrected chi connectivity index (χ4v) is 7.83. The third kappa shape index (κ3) is 4.85. The predicted octanol–water partition coefficient (Wildman–Crippen LogP) is 5.70. The fraction of sp³-hybridized carbons (Fsp3) is 0.423. The smallest absolute Gasteiger partial charge is 0.383 e. The predicted molar refractivity (Wildman–Crippen MR) is 149 cm³/mol. The second-order valence-corrected chi connectivity index (χ2v) is 12.3. The Morgan fingerprint density at radius 3 is 2.54 bits per heavy atom. The molecular formula is C26H26ClF3N4O3S2. The van der Waals surface area contributed by atoms with Crippen molar-refractivity contribution >= 4 is 57.3 Å². The lowest BCUT2D eigenvalue weighted by Gasteiger charge is -2.45. The van der Waals surface area contributed by atoms with Gasteiger partial charge < -0.3 is 14.5 Å². The number of thiophene rings is 1. The van der Waals surface area contributed by atoms with Gasteiger partial charge in [-0.1, -0.05) is 18.2 Å². The van der Waals surface area contributed by atoms with E-state index in [1.54, 1.807) is 15.2 Å². The molecule has 39 heavy (non-hydrogen) atoms. The van der Waals surface area contributed by atoms with Gasteiger partial charge in [-0.05, 0) is 37.6 Å². The third-order valence-corrected chi connectivity index (χ3v) is 9.43. The molecule has 0 saturated carbocycles. The lowest BCUT2D eigenvalue weighted by Crippen LogP contribution is -2.58. The molecule has 0 bridgehead atoms. The highest BCUT2D eigenvalue weighted by molar-refractivity contribution is 7.99. The number of anilines is 1. The summed E-state index contributed by atoms with van der Waals surface area (Å²) >= 11 is 8.55. The second kappa shape index (κ2) is 10.5. The Kier molecular flexibility index (Phi) is 7.51. The van der Waals surface area contributed by atoms with E-state index in [2.05, 4.69) is 11.6 Å². The Labute approximate surface area is 236 Å². The van der Waals surface area contributed by atoms with Crippen LogP contribution in [0.5, 0.6) is 0 Å². The van der Waals surface area contributed by atoms with Crippen molar-refractivity contribution < 1.29 is 22.7 Å². The molecule has 0 spiro atoms. The summed E-state index contributed by atoms with van der Waals surface area (Å²) in [6, 6.07) is 1.65. The van der Waals surface area contributed by atoms with Crippen molar-refractivity contribution in [3.63, 3.8) is 0 Å². The van der Waals surface area contributed by atoms with Crippen molar-refractivity contribution in [2.75, 3.05) is 37.5 Å². The normalized spacial score (nSPS) is 21.5. The number of nitrogens with zero attached hydrogens (tertiary/aromatic N) is 4. The van der Waals surface area contributed by atoms with Crippen LogP contribution < -0.4 is 10.6 Å². The Hall–Kier alpha value is -2.54. The fourth-order valence-electron chi connectivity index (χ4n) is 5.63. The van der Waals surface area contributed by atoms with Crippen LogP contribution in [0.4, 0.5) is 19.0 Å². The van der Waals surface area contributed by atoms with Crippen LogP contribution in [0.15, 0.2) is 39.9 Å². The van der Waals surface area contributed by atoms with Gasteiger partial charge in [-0.2, -0.15) is 18.2 Å². The summed E-state index contributed by atoms with van der Waals surface area (Å²) in [5.74, 6) is 0.298. The summed E-state index contributed by atoms with van der Waals surface area (Å²) in [6.45, 7) is 8.07. The van der Waals surface area contributed by atoms with Gasteiger partial charge in [0.2, 0.25) is 5.91 Å². The zero-order valence-electron chi connectivity index (χ0n) is 21.4. The number of halogens is 4. The number of benzene rings is 1. The van der Waals surface area contributed by atoms with Crippen LogP contribution in [-0.2, 0) is 15.7 Å². The number of carbonyl (C=O) groups excluding carboxylic acids is 1. The van der Waals surface area contributed by atoms with E-state index < -0.39 is 23.5 Å². The summed E-state index contributed by atoms with van der Waals surface area (Å²) < 4.78 is 51.1. The molecule has 0 aliphatic carbocycles. The van der Waals surface area contributed by atoms with Gasteiger partial charge in [-0.15, -0.1) is 23.1 Å². The largest absolute Gasteiger partial charge is 0.417 e. The van der Waals surface area contributed by atoms with Crippen LogP contribution in [0.3, 0.4) is 0 Å². The van der Waals surface area contributed by atoms with Gasteiger partial charge in [-0.3, -0.25) is 9.36 Å². The highest BCUT2D eigenvalue weighted by Crippen LogP contribution is 2.50. The highest BCUT2D eigenvalue weighted by Gasteiger charge is 2.40. The summed E-state index contributed by atoms with van der Waals surface area (Å²) in [5, 5.41) is 1.83. The molecule has 1 amide bonds. The number of methoxy groups -OCH3 is 1. The molecule has 1 fully saturated rings. The zero-order valence-corrected chi connectivity index (χ0v) is 23.8. The molecule has 0 radical (unpaired) electrons. The molecule has 2 aliphatic heterocycles. The van der Waals surface area contributed by atoms with E-state index in [1.165, 1.54) is 35.6 Å². The van der Waals surface area contributed by atoms with E-state index in [-0.39, 0.29) is 41.4 Å². The van der Waals surface area contributed by atoms with Gasteiger partial charge in [0.15, 0.2) is 0 Å². The molecule has 1 aromatic carbocycles. The van der Waals surface area contributed by atoms with Gasteiger partial charge in [0, 0.05) is 59.3 Å². The standard InChI is InChI=1S/C26H26ClF3N4O3S2/c1-5-20(35)33-13(2)8-32(9-14(33)3)24-17-7-18(26(28,29)30)21(15-6-19(27)38-11-15)23-22(17)34(25(36)31-24)16(10-37-4)12-39-23/h5-7,11,13-14,16H,1,8-10,12H2,2-4H3/t13-,14+,16-/m0/s1. The molecule has 2 aromatic heterocycles. The van der Waals surface area contributed by atoms with E-state index in [1.807, 2.05) is 13.8 Å². The van der Waals surface area contributed by atoms with E-state index in [0.29, 0.717) is 39.2 Å². The monoisotopic (exact) mass is 598 g/mol. The topological polar surface area (TPSA) is 67.7 Å². The molecule has 4 heterocycles. The molecule has 5 rings (SSSR count). The average molecular weight is 599 g/mol. The Bertz CT molecular complexity index is 1510. The number of rotatable bonds is 5. The number of aromatic nitrogens is 2. The van der Waals surface area contributed by atoms with E-state index in [9.17, 15) is 22.8 Å². The first kappa shape index (κ1) is 28.0. The number of hydrogen-bond acceptors (Lipinski definition) is 7. The Balaban J connectivity index is 1.80. The van der Waals surface area contributed by atoms with Crippen molar-refractivity contribution in [1.82, 2.24) is 14.5 Å². The maximum Gasteiger partial charge on any atom is 0.417 e. The van der Waals surface area contributed by atoms with Crippen LogP contribution in [0.2, 0.25) is 4.34 Å². The number of thioether (sulfide) groups is 1. The third-order valence-electron chi connectivity index (χ3n) is 7.10. The second-order valence-electron chi connectivity index (χ2n) is 9.72. The lowest BCUT2D eigenvalue weighted by atomic mass is 9.97. The number of alkyl halides is 3. The van der Waals surface area contributed by atoms with E-state index in [0.717, 1.165) is 17.4 Å². The molecule has 208 valence electrons. The summed E-state index contributed by atoms with van der Waals surface area (Å²) in [4.78, 5) is 34.2. The molecular weight excluding hydrogens is 573 g/mol. The molecule has 13 heteroatoms. The van der Waals surface area contributed by atoms with Crippen molar-refractivity contribution in [2.24, 2.45) is 0 Å². The van der Waals surface area contributed by atoms with Crippen molar-refractivity contribution in [3.8, 4) is 11.1 Å². The summed E-state index contributed by atoms with van der Waals surface area (Å²) in [6.07, 6.45) is -3.43. The zero-order chi connectivity index (χ0) is 28.2. The van der Waals surface area contributed by atoms with Gasteiger partial charge in [0.05, 0.1) is 28.1 Å². The maximum absolute atomic E-state index is 14.6. The molecule has 0 N–H and O–H groups in total. The highest BCUT2D eigenvalue weighted by atomic mass is 35.5. The van der Waals surface area contributed by atoms with Crippen LogP contribution in [-0.4, -0.2) is 65.0 Å². The van der Waals surface area contributed by atoms with Crippen LogP contribution >= 0.6 is 34.7 Å². The first-order chi connectivity index (χ1) is 18.5. The van der Waals surface area contributed by atoms with Gasteiger partial charge in [0.25, 0.3) is 0 Å². The van der Waals surface area contributed by atoms with E-state index in [4.69, 9.17) is 16.3 Å². The van der Waals surface area contributed by atoms with Crippen molar-refractivity contribution in [2.45, 2.75) is 43.0 Å². The average Bonchev–Trinajstić information content (AvgIpc) is 3.30. The quantitative estimate of drug-likeness (QED) is 0.351. The van der Waals surface area contributed by atoms with Crippen molar-refractivity contribution in [1.29, 1.82) is 0 Å². The molecule has 3 atom stereocenters. The number of piperazine rings is 1. The molecule has 0 unspecified atom stereocenters. The number of hydrogen-bond donors (Lipinski definition) is 0. The van der Waals surface area contributed by atoms with Crippen LogP contribution in [0, 0.1) is 0 Å². The van der Waals surface area contributed by atoms with Gasteiger partial charge in [0.1, 0.15) is 5.82 Å². The molecule has 3 aromatic rings. The van der Waals surface area contributed by atoms with Gasteiger partial charge >= 0.3 is 11.9 Å². The molecule has 7 nitrogen and oxygen atoms in total. The minimum atomic E-state index is -4.67. The SMILES string of the molecule is C=CC(=O)N1[C@H](C)CN(c2nc(=O)n3c4c(c(-c5csc(Cl)c5)c(C(F)(F)F)cc24)SC[C@@H]3COC)C[C@@H]1C. The van der Waals surface area contributed by atoms with Crippen molar-refractivity contribution in [3.05, 3.63) is 50.6 Å². The lowest BCUT2D eigenvalue weighted by molar-refractivity contribution is -0.137. The Morgan fingerprint density at radius 1 is 1.28 bits per heavy atom. The Morgan fingerprint density at radius 2 is 1.97 bits per heavy atom. The number of ether oxygens (including phenoxy) is 1. The van der Waals surface area contributed by atoms with Crippen LogP contribution in [0.1, 0.15) is 25.5 Å². The van der Waals surface area contributed by atoms with Crippen LogP contribution in [0.25, 0.3) is 22.0 Å². The maximum atomic E-state index is 14.6. The first-order valence-electron chi connectivity index (χ1n) is 12.2. The summed E-state index contributed by atoms with van der Waals surface area (Å²) in [5.41, 5.74) is -0.610. The first-order valence-corrected chi connectivity index (χ1v) is 14.5. The van der Waals surface area contributed by atoms with Gasteiger partial charge in [-0.25, -0.2) is 4.79 Å². The number of carbonyl (C=O) groups is 1. The molecule has 2 aliphatic rings. The summed E-state index contributed by atoms with van der Waals surface area (Å²) in [7, 11) is 1.52. The minimum Gasteiger partial charge on any atom is -0.383 e. The van der Waals surface area contributed by atoms with E-state index >= 15 is 0 Å². The number of amides is 1.